The summed E-state index contributed by atoms with van der Waals surface area (Å²) in [5.41, 5.74) is 0. The van der Waals surface area contributed by atoms with Crippen molar-refractivity contribution in [2.75, 3.05) is 23.3 Å². The average Bonchev–Trinajstić information content (AvgIpc) is 2.87. The molecule has 0 saturated carbocycles. The number of anilines is 2. The Hall–Kier alpha value is -1.69. The molecule has 2 heterocycles. The summed E-state index contributed by atoms with van der Waals surface area (Å²) in [6, 6.07) is 4.71. The van der Waals surface area contributed by atoms with Gasteiger partial charge in [0, 0.05) is 24.2 Å². The second-order valence-corrected chi connectivity index (χ2v) is 5.07. The molecular weight excluding hydrogens is 263 g/mol. The summed E-state index contributed by atoms with van der Waals surface area (Å²) in [6.07, 6.45) is 1.85. The maximum atomic E-state index is 12.9. The minimum atomic E-state index is -0.474. The predicted octanol–water partition coefficient (Wildman–Crippen LogP) is 3.14. The molecule has 0 saturated heterocycles. The summed E-state index contributed by atoms with van der Waals surface area (Å²) in [6.45, 7) is 6.72. The number of aromatic nitrogens is 2. The lowest BCUT2D eigenvalue weighted by atomic mass is 10.4. The Kier molecular flexibility index (Phi) is 4.68. The molecule has 19 heavy (non-hydrogen) atoms. The van der Waals surface area contributed by atoms with E-state index in [2.05, 4.69) is 34.0 Å². The SMILES string of the molecule is CCN(CC)c1ncc(CNc2cccc(F)n2)s1. The summed E-state index contributed by atoms with van der Waals surface area (Å²) in [4.78, 5) is 11.5. The molecule has 102 valence electrons. The summed E-state index contributed by atoms with van der Waals surface area (Å²) in [7, 11) is 0. The van der Waals surface area contributed by atoms with Crippen molar-refractivity contribution in [2.24, 2.45) is 0 Å². The first kappa shape index (κ1) is 13.7. The van der Waals surface area contributed by atoms with E-state index in [1.165, 1.54) is 6.07 Å². The fraction of sp³-hybridized carbons (Fsp3) is 0.385. The van der Waals surface area contributed by atoms with Gasteiger partial charge in [0.05, 0.1) is 6.54 Å². The van der Waals surface area contributed by atoms with Gasteiger partial charge in [-0.15, -0.1) is 11.3 Å². The third-order valence-corrected chi connectivity index (χ3v) is 3.79. The number of halogens is 1. The topological polar surface area (TPSA) is 41.1 Å². The molecule has 0 unspecified atom stereocenters. The molecule has 4 nitrogen and oxygen atoms in total. The van der Waals surface area contributed by atoms with Crippen molar-refractivity contribution in [3.8, 4) is 0 Å². The van der Waals surface area contributed by atoms with Gasteiger partial charge in [0.25, 0.3) is 0 Å². The first-order valence-electron chi connectivity index (χ1n) is 6.29. The van der Waals surface area contributed by atoms with Gasteiger partial charge in [-0.05, 0) is 26.0 Å². The molecule has 6 heteroatoms. The van der Waals surface area contributed by atoms with Gasteiger partial charge in [0.2, 0.25) is 5.95 Å². The van der Waals surface area contributed by atoms with Crippen molar-refractivity contribution in [3.63, 3.8) is 0 Å². The van der Waals surface area contributed by atoms with Gasteiger partial charge in [-0.3, -0.25) is 0 Å². The molecule has 2 aromatic heterocycles. The van der Waals surface area contributed by atoms with Crippen LogP contribution >= 0.6 is 11.3 Å². The first-order chi connectivity index (χ1) is 9.22. The third kappa shape index (κ3) is 3.64. The lowest BCUT2D eigenvalue weighted by Gasteiger charge is -2.16. The standard InChI is InChI=1S/C13H17FN4S/c1-3-18(4-2)13-16-9-10(19-13)8-15-12-7-5-6-11(14)17-12/h5-7,9H,3-4,8H2,1-2H3,(H,15,17). The second kappa shape index (κ2) is 6.47. The van der Waals surface area contributed by atoms with Gasteiger partial charge in [-0.25, -0.2) is 9.97 Å². The zero-order chi connectivity index (χ0) is 13.7. The van der Waals surface area contributed by atoms with Crippen LogP contribution in [0.25, 0.3) is 0 Å². The fourth-order valence-corrected chi connectivity index (χ4v) is 2.68. The zero-order valence-corrected chi connectivity index (χ0v) is 11.9. The number of pyridine rings is 1. The molecule has 2 aromatic rings. The molecule has 0 aliphatic carbocycles. The van der Waals surface area contributed by atoms with E-state index in [1.807, 2.05) is 6.20 Å². The molecule has 2 rings (SSSR count). The van der Waals surface area contributed by atoms with E-state index in [1.54, 1.807) is 23.5 Å². The Bertz CT molecular complexity index is 525. The molecule has 0 spiro atoms. The Morgan fingerprint density at radius 3 is 2.79 bits per heavy atom. The van der Waals surface area contributed by atoms with E-state index in [0.29, 0.717) is 12.4 Å². The maximum absolute atomic E-state index is 12.9. The number of nitrogens with zero attached hydrogens (tertiary/aromatic N) is 3. The number of rotatable bonds is 6. The predicted molar refractivity (Wildman–Crippen MR) is 77.2 cm³/mol. The van der Waals surface area contributed by atoms with Crippen LogP contribution in [0.3, 0.4) is 0 Å². The van der Waals surface area contributed by atoms with Crippen LogP contribution in [0, 0.1) is 5.95 Å². The minimum Gasteiger partial charge on any atom is -0.365 e. The molecular formula is C13H17FN4S. The Labute approximate surface area is 116 Å². The lowest BCUT2D eigenvalue weighted by molar-refractivity contribution is 0.585. The molecule has 0 bridgehead atoms. The molecule has 0 aliphatic rings. The van der Waals surface area contributed by atoms with E-state index < -0.39 is 5.95 Å². The van der Waals surface area contributed by atoms with Crippen molar-refractivity contribution in [2.45, 2.75) is 20.4 Å². The monoisotopic (exact) mass is 280 g/mol. The largest absolute Gasteiger partial charge is 0.365 e. The molecule has 0 fully saturated rings. The first-order valence-corrected chi connectivity index (χ1v) is 7.10. The van der Waals surface area contributed by atoms with Crippen LogP contribution in [0.4, 0.5) is 15.3 Å². The highest BCUT2D eigenvalue weighted by atomic mass is 32.1. The molecule has 0 radical (unpaired) electrons. The number of hydrogen-bond acceptors (Lipinski definition) is 5. The number of nitrogens with one attached hydrogen (secondary N) is 1. The van der Waals surface area contributed by atoms with Gasteiger partial charge in [0.1, 0.15) is 5.82 Å². The minimum absolute atomic E-state index is 0.474. The zero-order valence-electron chi connectivity index (χ0n) is 11.1. The van der Waals surface area contributed by atoms with Crippen LogP contribution in [0.2, 0.25) is 0 Å². The van der Waals surface area contributed by atoms with Crippen LogP contribution in [0.15, 0.2) is 24.4 Å². The Morgan fingerprint density at radius 2 is 2.11 bits per heavy atom. The van der Waals surface area contributed by atoms with Crippen LogP contribution in [0.1, 0.15) is 18.7 Å². The van der Waals surface area contributed by atoms with E-state index in [0.717, 1.165) is 23.1 Å². The maximum Gasteiger partial charge on any atom is 0.214 e. The van der Waals surface area contributed by atoms with E-state index in [9.17, 15) is 4.39 Å². The Morgan fingerprint density at radius 1 is 1.32 bits per heavy atom. The summed E-state index contributed by atoms with van der Waals surface area (Å²) < 4.78 is 12.9. The quantitative estimate of drug-likeness (QED) is 0.825. The molecule has 0 amide bonds. The van der Waals surface area contributed by atoms with Gasteiger partial charge in [-0.1, -0.05) is 6.07 Å². The Balaban J connectivity index is 1.97. The summed E-state index contributed by atoms with van der Waals surface area (Å²) in [5, 5.41) is 4.11. The smallest absolute Gasteiger partial charge is 0.214 e. The van der Waals surface area contributed by atoms with E-state index in [-0.39, 0.29) is 0 Å². The van der Waals surface area contributed by atoms with Crippen LogP contribution in [-0.4, -0.2) is 23.1 Å². The fourth-order valence-electron chi connectivity index (χ4n) is 1.70. The molecule has 0 aromatic carbocycles. The summed E-state index contributed by atoms with van der Waals surface area (Å²) in [5.74, 6) is 0.0657. The van der Waals surface area contributed by atoms with Gasteiger partial charge in [0.15, 0.2) is 5.13 Å². The van der Waals surface area contributed by atoms with Crippen molar-refractivity contribution in [3.05, 3.63) is 35.2 Å². The molecule has 0 atom stereocenters. The molecule has 0 aliphatic heterocycles. The lowest BCUT2D eigenvalue weighted by Crippen LogP contribution is -2.21. The van der Waals surface area contributed by atoms with Gasteiger partial charge < -0.3 is 10.2 Å². The van der Waals surface area contributed by atoms with Crippen molar-refractivity contribution >= 4 is 22.3 Å². The third-order valence-electron chi connectivity index (χ3n) is 2.73. The van der Waals surface area contributed by atoms with Crippen LogP contribution in [-0.2, 0) is 6.54 Å². The van der Waals surface area contributed by atoms with Crippen LogP contribution in [0.5, 0.6) is 0 Å². The highest BCUT2D eigenvalue weighted by Gasteiger charge is 2.07. The van der Waals surface area contributed by atoms with E-state index in [4.69, 9.17) is 0 Å². The number of thiazole rings is 1. The summed E-state index contributed by atoms with van der Waals surface area (Å²) >= 11 is 1.64. The van der Waals surface area contributed by atoms with Crippen molar-refractivity contribution in [1.82, 2.24) is 9.97 Å². The van der Waals surface area contributed by atoms with E-state index >= 15 is 0 Å². The molecule has 1 N–H and O–H groups in total. The van der Waals surface area contributed by atoms with Gasteiger partial charge >= 0.3 is 0 Å². The normalized spacial score (nSPS) is 10.5. The highest BCUT2D eigenvalue weighted by molar-refractivity contribution is 7.15. The van der Waals surface area contributed by atoms with Crippen molar-refractivity contribution < 1.29 is 4.39 Å². The number of hydrogen-bond donors (Lipinski definition) is 1. The highest BCUT2D eigenvalue weighted by Crippen LogP contribution is 2.22. The second-order valence-electron chi connectivity index (χ2n) is 3.98. The van der Waals surface area contributed by atoms with Crippen LogP contribution < -0.4 is 10.2 Å². The van der Waals surface area contributed by atoms with Gasteiger partial charge in [-0.2, -0.15) is 4.39 Å². The average molecular weight is 280 g/mol. The van der Waals surface area contributed by atoms with Crippen molar-refractivity contribution in [1.29, 1.82) is 0 Å².